The van der Waals surface area contributed by atoms with Crippen molar-refractivity contribution in [1.82, 2.24) is 10.3 Å². The lowest BCUT2D eigenvalue weighted by molar-refractivity contribution is -0.146. The van der Waals surface area contributed by atoms with Gasteiger partial charge in [0.1, 0.15) is 6.04 Å². The number of nitrogens with one attached hydrogen (secondary N) is 2. The van der Waals surface area contributed by atoms with E-state index in [1.165, 1.54) is 0 Å². The molecule has 0 fully saturated rings. The molecule has 2 aromatic carbocycles. The van der Waals surface area contributed by atoms with E-state index in [0.717, 1.165) is 39.2 Å². The van der Waals surface area contributed by atoms with Crippen molar-refractivity contribution in [2.24, 2.45) is 0 Å². The standard InChI is InChI=1S/C21H20N2O4.ClH/c1-2-25-21(24)16-10-14-13-5-3-4-6-15(13)22-20(14)19(23-16)12-7-8-17-18(9-12)27-11-26-17;/h3-9,16,19,22-23H,2,10-11H2,1H3;1H/t16-,19-;/m1./s1. The first kappa shape index (κ1) is 18.7. The third-order valence-corrected chi connectivity index (χ3v) is 5.21. The van der Waals surface area contributed by atoms with E-state index >= 15 is 0 Å². The van der Waals surface area contributed by atoms with Gasteiger partial charge < -0.3 is 19.2 Å². The van der Waals surface area contributed by atoms with E-state index in [4.69, 9.17) is 14.2 Å². The van der Waals surface area contributed by atoms with Crippen molar-refractivity contribution in [2.45, 2.75) is 25.4 Å². The van der Waals surface area contributed by atoms with Crippen LogP contribution >= 0.6 is 12.4 Å². The number of fused-ring (bicyclic) bond motifs is 4. The molecule has 0 bridgehead atoms. The van der Waals surface area contributed by atoms with Gasteiger partial charge in [0.25, 0.3) is 0 Å². The third kappa shape index (κ3) is 2.99. The summed E-state index contributed by atoms with van der Waals surface area (Å²) in [6.45, 7) is 2.43. The van der Waals surface area contributed by atoms with Gasteiger partial charge in [-0.1, -0.05) is 24.3 Å². The molecule has 0 amide bonds. The Morgan fingerprint density at radius 2 is 2.00 bits per heavy atom. The number of carbonyl (C=O) groups is 1. The van der Waals surface area contributed by atoms with Crippen molar-refractivity contribution >= 4 is 29.3 Å². The highest BCUT2D eigenvalue weighted by Crippen LogP contribution is 2.39. The normalized spacial score (nSPS) is 19.8. The maximum absolute atomic E-state index is 12.5. The van der Waals surface area contributed by atoms with Gasteiger partial charge >= 0.3 is 5.97 Å². The first-order chi connectivity index (χ1) is 13.2. The van der Waals surface area contributed by atoms with Crippen LogP contribution in [-0.2, 0) is 16.0 Å². The average Bonchev–Trinajstić information content (AvgIpc) is 3.31. The number of esters is 1. The second kappa shape index (κ2) is 7.37. The second-order valence-electron chi connectivity index (χ2n) is 6.78. The van der Waals surface area contributed by atoms with E-state index in [1.54, 1.807) is 0 Å². The lowest BCUT2D eigenvalue weighted by atomic mass is 9.90. The van der Waals surface area contributed by atoms with Gasteiger partial charge in [0.15, 0.2) is 11.5 Å². The molecule has 2 atom stereocenters. The Morgan fingerprint density at radius 3 is 2.86 bits per heavy atom. The molecule has 3 aromatic rings. The predicted octanol–water partition coefficient (Wildman–Crippen LogP) is 3.49. The van der Waals surface area contributed by atoms with Gasteiger partial charge in [-0.3, -0.25) is 10.1 Å². The number of hydrogen-bond acceptors (Lipinski definition) is 5. The summed E-state index contributed by atoms with van der Waals surface area (Å²) in [6, 6.07) is 13.5. The summed E-state index contributed by atoms with van der Waals surface area (Å²) in [6.07, 6.45) is 0.596. The van der Waals surface area contributed by atoms with E-state index in [2.05, 4.69) is 22.4 Å². The van der Waals surface area contributed by atoms with E-state index in [1.807, 2.05) is 37.3 Å². The van der Waals surface area contributed by atoms with Crippen LogP contribution in [0.4, 0.5) is 0 Å². The molecule has 0 saturated carbocycles. The summed E-state index contributed by atoms with van der Waals surface area (Å²) in [5.41, 5.74) is 4.32. The van der Waals surface area contributed by atoms with Crippen LogP contribution in [-0.4, -0.2) is 30.4 Å². The molecule has 7 heteroatoms. The Morgan fingerprint density at radius 1 is 1.18 bits per heavy atom. The highest BCUT2D eigenvalue weighted by molar-refractivity contribution is 5.87. The van der Waals surface area contributed by atoms with E-state index < -0.39 is 6.04 Å². The molecule has 3 heterocycles. The van der Waals surface area contributed by atoms with Crippen molar-refractivity contribution < 1.29 is 19.0 Å². The molecular formula is C21H21ClN2O4. The number of H-pyrrole nitrogens is 1. The summed E-state index contributed by atoms with van der Waals surface area (Å²) in [4.78, 5) is 16.0. The molecule has 28 heavy (non-hydrogen) atoms. The number of aromatic nitrogens is 1. The number of benzene rings is 2. The Hall–Kier alpha value is -2.70. The van der Waals surface area contributed by atoms with Gasteiger partial charge in [-0.15, -0.1) is 12.4 Å². The molecule has 0 unspecified atom stereocenters. The summed E-state index contributed by atoms with van der Waals surface area (Å²) < 4.78 is 16.2. The van der Waals surface area contributed by atoms with Crippen molar-refractivity contribution in [3.05, 3.63) is 59.3 Å². The van der Waals surface area contributed by atoms with E-state index in [0.29, 0.717) is 13.0 Å². The Balaban J connectivity index is 0.00000192. The maximum Gasteiger partial charge on any atom is 0.323 e. The first-order valence-corrected chi connectivity index (χ1v) is 9.16. The highest BCUT2D eigenvalue weighted by Gasteiger charge is 2.35. The minimum atomic E-state index is -0.396. The van der Waals surface area contributed by atoms with Crippen LogP contribution in [0.2, 0.25) is 0 Å². The molecule has 2 aliphatic heterocycles. The molecule has 1 aromatic heterocycles. The molecule has 6 nitrogen and oxygen atoms in total. The lowest BCUT2D eigenvalue weighted by Crippen LogP contribution is -2.45. The topological polar surface area (TPSA) is 72.6 Å². The zero-order valence-electron chi connectivity index (χ0n) is 15.4. The van der Waals surface area contributed by atoms with Gasteiger partial charge in [-0.05, 0) is 36.2 Å². The van der Waals surface area contributed by atoms with Crippen molar-refractivity contribution in [3.8, 4) is 11.5 Å². The highest BCUT2D eigenvalue weighted by atomic mass is 35.5. The van der Waals surface area contributed by atoms with Crippen molar-refractivity contribution in [2.75, 3.05) is 13.4 Å². The molecule has 2 aliphatic rings. The molecule has 5 rings (SSSR count). The smallest absolute Gasteiger partial charge is 0.323 e. The molecule has 146 valence electrons. The quantitative estimate of drug-likeness (QED) is 0.658. The summed E-state index contributed by atoms with van der Waals surface area (Å²) >= 11 is 0. The Labute approximate surface area is 168 Å². The van der Waals surface area contributed by atoms with E-state index in [9.17, 15) is 4.79 Å². The minimum Gasteiger partial charge on any atom is -0.465 e. The zero-order valence-corrected chi connectivity index (χ0v) is 16.2. The number of ether oxygens (including phenoxy) is 3. The number of aromatic amines is 1. The molecular weight excluding hydrogens is 380 g/mol. The monoisotopic (exact) mass is 400 g/mol. The van der Waals surface area contributed by atoms with Crippen LogP contribution in [0.15, 0.2) is 42.5 Å². The van der Waals surface area contributed by atoms with Gasteiger partial charge in [-0.2, -0.15) is 0 Å². The number of halogens is 1. The number of carbonyl (C=O) groups excluding carboxylic acids is 1. The molecule has 0 radical (unpaired) electrons. The summed E-state index contributed by atoms with van der Waals surface area (Å²) in [5, 5.41) is 4.61. The van der Waals surface area contributed by atoms with Crippen molar-refractivity contribution in [3.63, 3.8) is 0 Å². The Kier molecular flexibility index (Phi) is 4.91. The fourth-order valence-electron chi connectivity index (χ4n) is 3.98. The third-order valence-electron chi connectivity index (χ3n) is 5.21. The van der Waals surface area contributed by atoms with Crippen LogP contribution in [0.5, 0.6) is 11.5 Å². The van der Waals surface area contributed by atoms with Gasteiger partial charge in [0.05, 0.1) is 12.6 Å². The van der Waals surface area contributed by atoms with Gasteiger partial charge in [-0.25, -0.2) is 0 Å². The Bertz CT molecular complexity index is 1030. The average molecular weight is 401 g/mol. The number of rotatable bonds is 3. The van der Waals surface area contributed by atoms with Gasteiger partial charge in [0, 0.05) is 23.0 Å². The summed E-state index contributed by atoms with van der Waals surface area (Å²) in [5.74, 6) is 1.25. The first-order valence-electron chi connectivity index (χ1n) is 9.16. The van der Waals surface area contributed by atoms with Gasteiger partial charge in [0.2, 0.25) is 6.79 Å². The van der Waals surface area contributed by atoms with Crippen LogP contribution in [0.1, 0.15) is 29.8 Å². The van der Waals surface area contributed by atoms with Crippen LogP contribution in [0.3, 0.4) is 0 Å². The largest absolute Gasteiger partial charge is 0.465 e. The summed E-state index contributed by atoms with van der Waals surface area (Å²) in [7, 11) is 0. The molecule has 2 N–H and O–H groups in total. The molecule has 0 aliphatic carbocycles. The minimum absolute atomic E-state index is 0. The zero-order chi connectivity index (χ0) is 18.4. The second-order valence-corrected chi connectivity index (χ2v) is 6.78. The van der Waals surface area contributed by atoms with Crippen LogP contribution in [0, 0.1) is 0 Å². The molecule has 0 saturated heterocycles. The fraction of sp³-hybridized carbons (Fsp3) is 0.286. The number of hydrogen-bond donors (Lipinski definition) is 2. The fourth-order valence-corrected chi connectivity index (χ4v) is 3.98. The number of para-hydroxylation sites is 1. The molecule has 0 spiro atoms. The van der Waals surface area contributed by atoms with Crippen molar-refractivity contribution in [1.29, 1.82) is 0 Å². The van der Waals surface area contributed by atoms with Crippen LogP contribution in [0.25, 0.3) is 10.9 Å². The lowest BCUT2D eigenvalue weighted by Gasteiger charge is -2.30. The maximum atomic E-state index is 12.5. The van der Waals surface area contributed by atoms with Crippen LogP contribution < -0.4 is 14.8 Å². The SMILES string of the molecule is CCOC(=O)[C@H]1Cc2c([nH]c3ccccc23)[C@@H](c2ccc3c(c2)OCO3)N1.Cl. The predicted molar refractivity (Wildman–Crippen MR) is 107 cm³/mol. The van der Waals surface area contributed by atoms with E-state index in [-0.39, 0.29) is 31.2 Å².